The summed E-state index contributed by atoms with van der Waals surface area (Å²) in [5.41, 5.74) is 4.01. The minimum absolute atomic E-state index is 0.0432. The molecule has 1 aliphatic carbocycles. The number of fused-ring (bicyclic) bond motifs is 1. The topological polar surface area (TPSA) is 138 Å². The lowest BCUT2D eigenvalue weighted by molar-refractivity contribution is -0.117. The maximum absolute atomic E-state index is 12.1. The lowest BCUT2D eigenvalue weighted by atomic mass is 9.89. The third-order valence-electron chi connectivity index (χ3n) is 6.11. The number of nitrogens with one attached hydrogen (secondary N) is 1. The van der Waals surface area contributed by atoms with Gasteiger partial charge in [0.1, 0.15) is 40.1 Å². The summed E-state index contributed by atoms with van der Waals surface area (Å²) in [6.07, 6.45) is 9.78. The second kappa shape index (κ2) is 11.0. The largest absolute Gasteiger partial charge is 0.506 e. The van der Waals surface area contributed by atoms with Crippen LogP contribution in [0, 0.1) is 0 Å². The standard InChI is InChI=1S/C26H29N5O4/c1-16(32)8-6-12-22(35)29-17-14-21(34)26(28-15-17)24-19-10-5-3-2-4-9-18(19)23(30-31-24)25-20(33)11-7-13-27-25/h7,11,13-15,33-34H,2-6,8-10,12H2,1H3,(H,29,35). The first kappa shape index (κ1) is 24.3. The van der Waals surface area contributed by atoms with E-state index in [4.69, 9.17) is 0 Å². The van der Waals surface area contributed by atoms with Gasteiger partial charge in [-0.05, 0) is 62.3 Å². The highest BCUT2D eigenvalue weighted by atomic mass is 16.3. The predicted molar refractivity (Wildman–Crippen MR) is 131 cm³/mol. The van der Waals surface area contributed by atoms with Gasteiger partial charge in [-0.2, -0.15) is 0 Å². The van der Waals surface area contributed by atoms with Crippen molar-refractivity contribution in [1.82, 2.24) is 20.2 Å². The van der Waals surface area contributed by atoms with Gasteiger partial charge in [-0.15, -0.1) is 10.2 Å². The molecule has 0 fully saturated rings. The van der Waals surface area contributed by atoms with Gasteiger partial charge in [-0.1, -0.05) is 12.8 Å². The van der Waals surface area contributed by atoms with Gasteiger partial charge in [0.25, 0.3) is 0 Å². The molecule has 1 aliphatic rings. The van der Waals surface area contributed by atoms with Crippen LogP contribution in [0.2, 0.25) is 0 Å². The number of anilines is 1. The fourth-order valence-corrected chi connectivity index (χ4v) is 4.39. The van der Waals surface area contributed by atoms with Crippen LogP contribution in [-0.4, -0.2) is 42.1 Å². The minimum Gasteiger partial charge on any atom is -0.506 e. The molecule has 1 amide bonds. The molecule has 3 aromatic heterocycles. The third-order valence-corrected chi connectivity index (χ3v) is 6.11. The highest BCUT2D eigenvalue weighted by Crippen LogP contribution is 2.38. The van der Waals surface area contributed by atoms with E-state index in [0.717, 1.165) is 49.7 Å². The third kappa shape index (κ3) is 5.79. The first-order valence-electron chi connectivity index (χ1n) is 12.0. The molecule has 9 heteroatoms. The summed E-state index contributed by atoms with van der Waals surface area (Å²) in [6, 6.07) is 4.68. The normalized spacial score (nSPS) is 13.4. The van der Waals surface area contributed by atoms with Gasteiger partial charge in [0.05, 0.1) is 11.9 Å². The monoisotopic (exact) mass is 475 g/mol. The Morgan fingerprint density at radius 2 is 1.54 bits per heavy atom. The van der Waals surface area contributed by atoms with Crippen LogP contribution in [0.25, 0.3) is 22.8 Å². The predicted octanol–water partition coefficient (Wildman–Crippen LogP) is 4.37. The molecular formula is C26H29N5O4. The fourth-order valence-electron chi connectivity index (χ4n) is 4.39. The number of Topliss-reactive ketones (excluding diaryl/α,β-unsaturated/α-hetero) is 1. The zero-order chi connectivity index (χ0) is 24.8. The molecule has 0 saturated carbocycles. The van der Waals surface area contributed by atoms with E-state index in [1.54, 1.807) is 18.3 Å². The summed E-state index contributed by atoms with van der Waals surface area (Å²) in [4.78, 5) is 31.9. The first-order valence-corrected chi connectivity index (χ1v) is 12.0. The molecule has 3 heterocycles. The van der Waals surface area contributed by atoms with Gasteiger partial charge in [0, 0.05) is 25.1 Å². The second-order valence-electron chi connectivity index (χ2n) is 8.84. The Hall–Kier alpha value is -3.88. The van der Waals surface area contributed by atoms with E-state index in [0.29, 0.717) is 41.3 Å². The van der Waals surface area contributed by atoms with Crippen molar-refractivity contribution in [2.45, 2.75) is 64.7 Å². The fraction of sp³-hybridized carbons (Fsp3) is 0.385. The number of amides is 1. The number of nitrogens with zero attached hydrogens (tertiary/aromatic N) is 4. The number of pyridine rings is 2. The van der Waals surface area contributed by atoms with Crippen molar-refractivity contribution >= 4 is 17.4 Å². The number of carbonyl (C=O) groups is 2. The van der Waals surface area contributed by atoms with Crippen molar-refractivity contribution in [2.24, 2.45) is 0 Å². The zero-order valence-electron chi connectivity index (χ0n) is 19.8. The van der Waals surface area contributed by atoms with Crippen LogP contribution in [-0.2, 0) is 22.4 Å². The number of carbonyl (C=O) groups excluding carboxylic acids is 2. The Balaban J connectivity index is 1.67. The molecule has 9 nitrogen and oxygen atoms in total. The maximum atomic E-state index is 12.1. The lowest BCUT2D eigenvalue weighted by Crippen LogP contribution is -2.12. The van der Waals surface area contributed by atoms with E-state index in [1.807, 2.05) is 0 Å². The van der Waals surface area contributed by atoms with Gasteiger partial charge in [0.2, 0.25) is 5.91 Å². The highest BCUT2D eigenvalue weighted by molar-refractivity contribution is 5.91. The number of aromatic nitrogens is 4. The van der Waals surface area contributed by atoms with Crippen molar-refractivity contribution in [3.05, 3.63) is 41.7 Å². The number of ketones is 1. The van der Waals surface area contributed by atoms with Crippen molar-refractivity contribution in [3.63, 3.8) is 0 Å². The first-order chi connectivity index (χ1) is 16.9. The SMILES string of the molecule is CC(=O)CCCC(=O)Nc1cnc(-c2nnc(-c3ncccc3O)c3c2CCCCCC3)c(O)c1. The van der Waals surface area contributed by atoms with Crippen LogP contribution in [0.1, 0.15) is 63.0 Å². The number of aromatic hydroxyl groups is 2. The van der Waals surface area contributed by atoms with Gasteiger partial charge >= 0.3 is 0 Å². The smallest absolute Gasteiger partial charge is 0.224 e. The van der Waals surface area contributed by atoms with Gasteiger partial charge in [0.15, 0.2) is 0 Å². The zero-order valence-corrected chi connectivity index (χ0v) is 19.8. The molecule has 3 N–H and O–H groups in total. The molecule has 0 unspecified atom stereocenters. The minimum atomic E-state index is -0.246. The lowest BCUT2D eigenvalue weighted by Gasteiger charge is -2.19. The highest BCUT2D eigenvalue weighted by Gasteiger charge is 2.24. The Morgan fingerprint density at radius 1 is 0.886 bits per heavy atom. The molecule has 0 aromatic carbocycles. The van der Waals surface area contributed by atoms with Crippen molar-refractivity contribution in [2.75, 3.05) is 5.32 Å². The van der Waals surface area contributed by atoms with Gasteiger partial charge in [-0.25, -0.2) is 4.98 Å². The molecule has 4 rings (SSSR count). The van der Waals surface area contributed by atoms with Gasteiger partial charge < -0.3 is 20.3 Å². The van der Waals surface area contributed by atoms with Crippen LogP contribution >= 0.6 is 0 Å². The van der Waals surface area contributed by atoms with E-state index < -0.39 is 0 Å². The maximum Gasteiger partial charge on any atom is 0.224 e. The summed E-state index contributed by atoms with van der Waals surface area (Å²) in [6.45, 7) is 1.50. The summed E-state index contributed by atoms with van der Waals surface area (Å²) in [7, 11) is 0. The average molecular weight is 476 g/mol. The van der Waals surface area contributed by atoms with E-state index in [1.165, 1.54) is 19.2 Å². The van der Waals surface area contributed by atoms with Crippen LogP contribution in [0.4, 0.5) is 5.69 Å². The molecule has 182 valence electrons. The number of rotatable bonds is 7. The molecule has 35 heavy (non-hydrogen) atoms. The van der Waals surface area contributed by atoms with Crippen LogP contribution < -0.4 is 5.32 Å². The molecular weight excluding hydrogens is 446 g/mol. The Labute approximate surface area is 203 Å². The quantitative estimate of drug-likeness (QED) is 0.458. The van der Waals surface area contributed by atoms with Crippen LogP contribution in [0.15, 0.2) is 30.6 Å². The van der Waals surface area contributed by atoms with E-state index in [-0.39, 0.29) is 29.6 Å². The van der Waals surface area contributed by atoms with E-state index in [2.05, 4.69) is 25.5 Å². The summed E-state index contributed by atoms with van der Waals surface area (Å²) >= 11 is 0. The molecule has 0 atom stereocenters. The van der Waals surface area contributed by atoms with E-state index in [9.17, 15) is 19.8 Å². The molecule has 3 aromatic rings. The van der Waals surface area contributed by atoms with Gasteiger partial charge in [-0.3, -0.25) is 9.78 Å². The van der Waals surface area contributed by atoms with Crippen molar-refractivity contribution in [1.29, 1.82) is 0 Å². The summed E-state index contributed by atoms with van der Waals surface area (Å²) in [5.74, 6) is -0.270. The van der Waals surface area contributed by atoms with Crippen molar-refractivity contribution < 1.29 is 19.8 Å². The number of hydrogen-bond acceptors (Lipinski definition) is 8. The molecule has 0 spiro atoms. The Morgan fingerprint density at radius 3 is 2.14 bits per heavy atom. The van der Waals surface area contributed by atoms with Crippen molar-refractivity contribution in [3.8, 4) is 34.3 Å². The van der Waals surface area contributed by atoms with E-state index >= 15 is 0 Å². The average Bonchev–Trinajstić information content (AvgIpc) is 2.79. The molecule has 0 radical (unpaired) electrons. The molecule has 0 saturated heterocycles. The summed E-state index contributed by atoms with van der Waals surface area (Å²) in [5, 5.41) is 32.7. The second-order valence-corrected chi connectivity index (χ2v) is 8.84. The summed E-state index contributed by atoms with van der Waals surface area (Å²) < 4.78 is 0. The Kier molecular flexibility index (Phi) is 7.64. The van der Waals surface area contributed by atoms with Crippen LogP contribution in [0.5, 0.6) is 11.5 Å². The van der Waals surface area contributed by atoms with Crippen LogP contribution in [0.3, 0.4) is 0 Å². The molecule has 0 aliphatic heterocycles. The Bertz CT molecular complexity index is 1240. The number of hydrogen-bond donors (Lipinski definition) is 3. The molecule has 0 bridgehead atoms.